The fourth-order valence-corrected chi connectivity index (χ4v) is 1.81. The van der Waals surface area contributed by atoms with E-state index in [-0.39, 0.29) is 11.8 Å². The van der Waals surface area contributed by atoms with Crippen LogP contribution in [0.5, 0.6) is 0 Å². The summed E-state index contributed by atoms with van der Waals surface area (Å²) in [6.07, 6.45) is 0.780. The Morgan fingerprint density at radius 1 is 1.36 bits per heavy atom. The second kappa shape index (κ2) is 2.90. The molecule has 1 aliphatic rings. The van der Waals surface area contributed by atoms with Crippen molar-refractivity contribution in [1.29, 1.82) is 0 Å². The molecule has 0 aromatic heterocycles. The van der Waals surface area contributed by atoms with E-state index >= 15 is 0 Å². The van der Waals surface area contributed by atoms with Crippen molar-refractivity contribution in [3.05, 3.63) is 17.7 Å². The molecular formula is C10H13N3O. The van der Waals surface area contributed by atoms with Crippen LogP contribution in [0, 0.1) is 0 Å². The molecule has 4 heteroatoms. The Labute approximate surface area is 82.3 Å². The van der Waals surface area contributed by atoms with Crippen LogP contribution in [0.4, 0.5) is 17.1 Å². The normalized spacial score (nSPS) is 19.2. The number of carbonyl (C=O) groups excluding carboxylic acids is 1. The Kier molecular flexibility index (Phi) is 1.84. The molecule has 14 heavy (non-hydrogen) atoms. The highest BCUT2D eigenvalue weighted by molar-refractivity contribution is 6.04. The number of benzene rings is 1. The third-order valence-corrected chi connectivity index (χ3v) is 2.61. The predicted octanol–water partition coefficient (Wildman–Crippen LogP) is 1.30. The van der Waals surface area contributed by atoms with Crippen molar-refractivity contribution >= 4 is 23.0 Å². The Bertz CT molecular complexity index is 401. The summed E-state index contributed by atoms with van der Waals surface area (Å²) in [5.41, 5.74) is 14.2. The summed E-state index contributed by atoms with van der Waals surface area (Å²) < 4.78 is 0. The molecule has 0 spiro atoms. The molecule has 0 fully saturated rings. The van der Waals surface area contributed by atoms with E-state index in [1.807, 2.05) is 6.92 Å². The van der Waals surface area contributed by atoms with Crippen molar-refractivity contribution in [2.75, 3.05) is 16.8 Å². The molecule has 0 saturated heterocycles. The zero-order valence-corrected chi connectivity index (χ0v) is 8.00. The molecule has 5 N–H and O–H groups in total. The second-order valence-electron chi connectivity index (χ2n) is 3.52. The number of rotatable bonds is 1. The first-order chi connectivity index (χ1) is 6.63. The zero-order chi connectivity index (χ0) is 10.3. The predicted molar refractivity (Wildman–Crippen MR) is 56.9 cm³/mol. The van der Waals surface area contributed by atoms with Crippen molar-refractivity contribution in [3.8, 4) is 0 Å². The highest BCUT2D eigenvalue weighted by atomic mass is 16.2. The lowest BCUT2D eigenvalue weighted by molar-refractivity contribution is -0.117. The summed E-state index contributed by atoms with van der Waals surface area (Å²) in [6, 6.07) is 3.51. The van der Waals surface area contributed by atoms with E-state index in [1.54, 1.807) is 12.1 Å². The van der Waals surface area contributed by atoms with Crippen LogP contribution in [0.1, 0.15) is 24.8 Å². The van der Waals surface area contributed by atoms with Gasteiger partial charge in [0, 0.05) is 5.69 Å². The molecular weight excluding hydrogens is 178 g/mol. The average Bonchev–Trinajstić information content (AvgIpc) is 2.42. The largest absolute Gasteiger partial charge is 0.397 e. The van der Waals surface area contributed by atoms with Gasteiger partial charge in [0.2, 0.25) is 5.91 Å². The van der Waals surface area contributed by atoms with Crippen LogP contribution in [0.2, 0.25) is 0 Å². The van der Waals surface area contributed by atoms with E-state index in [9.17, 15) is 4.79 Å². The van der Waals surface area contributed by atoms with Gasteiger partial charge < -0.3 is 16.8 Å². The molecule has 1 aromatic rings. The third-order valence-electron chi connectivity index (χ3n) is 2.61. The minimum absolute atomic E-state index is 0.0347. The van der Waals surface area contributed by atoms with Crippen LogP contribution in [0.25, 0.3) is 0 Å². The molecule has 0 aliphatic carbocycles. The van der Waals surface area contributed by atoms with Gasteiger partial charge in [-0.1, -0.05) is 6.92 Å². The first-order valence-electron chi connectivity index (χ1n) is 4.63. The van der Waals surface area contributed by atoms with E-state index in [4.69, 9.17) is 11.5 Å². The van der Waals surface area contributed by atoms with Gasteiger partial charge in [-0.25, -0.2) is 0 Å². The molecule has 1 amide bonds. The molecule has 0 radical (unpaired) electrons. The first kappa shape index (κ1) is 8.87. The molecule has 1 unspecified atom stereocenters. The molecule has 74 valence electrons. The zero-order valence-electron chi connectivity index (χ0n) is 8.00. The smallest absolute Gasteiger partial charge is 0.231 e. The Hall–Kier alpha value is -1.71. The maximum atomic E-state index is 11.5. The van der Waals surface area contributed by atoms with E-state index in [0.717, 1.165) is 17.7 Å². The summed E-state index contributed by atoms with van der Waals surface area (Å²) in [7, 11) is 0. The van der Waals surface area contributed by atoms with Crippen molar-refractivity contribution in [3.63, 3.8) is 0 Å². The lowest BCUT2D eigenvalue weighted by atomic mass is 9.97. The summed E-state index contributed by atoms with van der Waals surface area (Å²) in [5.74, 6) is -0.0413. The summed E-state index contributed by atoms with van der Waals surface area (Å²) >= 11 is 0. The summed E-state index contributed by atoms with van der Waals surface area (Å²) in [5, 5.41) is 2.79. The van der Waals surface area contributed by atoms with Gasteiger partial charge in [-0.2, -0.15) is 0 Å². The van der Waals surface area contributed by atoms with Crippen molar-refractivity contribution in [1.82, 2.24) is 0 Å². The second-order valence-corrected chi connectivity index (χ2v) is 3.52. The van der Waals surface area contributed by atoms with Gasteiger partial charge in [0.15, 0.2) is 0 Å². The van der Waals surface area contributed by atoms with Crippen LogP contribution in [0.3, 0.4) is 0 Å². The van der Waals surface area contributed by atoms with E-state index in [2.05, 4.69) is 5.32 Å². The lowest BCUT2D eigenvalue weighted by Gasteiger charge is -2.07. The van der Waals surface area contributed by atoms with Gasteiger partial charge >= 0.3 is 0 Å². The van der Waals surface area contributed by atoms with Gasteiger partial charge in [0.25, 0.3) is 0 Å². The fraction of sp³-hybridized carbons (Fsp3) is 0.300. The van der Waals surface area contributed by atoms with Gasteiger partial charge in [-0.3, -0.25) is 4.79 Å². The number of fused-ring (bicyclic) bond motifs is 1. The molecule has 0 bridgehead atoms. The van der Waals surface area contributed by atoms with Crippen LogP contribution in [-0.2, 0) is 4.79 Å². The van der Waals surface area contributed by atoms with Crippen molar-refractivity contribution in [2.24, 2.45) is 0 Å². The van der Waals surface area contributed by atoms with Crippen LogP contribution >= 0.6 is 0 Å². The lowest BCUT2D eigenvalue weighted by Crippen LogP contribution is -2.10. The van der Waals surface area contributed by atoms with E-state index in [1.165, 1.54) is 0 Å². The average molecular weight is 191 g/mol. The minimum Gasteiger partial charge on any atom is -0.397 e. The number of nitrogens with two attached hydrogens (primary N) is 2. The molecule has 1 aliphatic heterocycles. The number of hydrogen-bond acceptors (Lipinski definition) is 3. The highest BCUT2D eigenvalue weighted by Crippen LogP contribution is 2.37. The van der Waals surface area contributed by atoms with Gasteiger partial charge in [-0.15, -0.1) is 0 Å². The Morgan fingerprint density at radius 3 is 2.64 bits per heavy atom. The maximum absolute atomic E-state index is 11.5. The number of anilines is 3. The Morgan fingerprint density at radius 2 is 2.00 bits per heavy atom. The Balaban J connectivity index is 2.54. The number of amides is 1. The van der Waals surface area contributed by atoms with Crippen LogP contribution < -0.4 is 16.8 Å². The number of nitrogen functional groups attached to an aromatic ring is 2. The maximum Gasteiger partial charge on any atom is 0.231 e. The molecule has 1 heterocycles. The number of hydrogen-bond donors (Lipinski definition) is 3. The SMILES string of the molecule is CCC1C(=O)Nc2cc(N)c(N)cc21. The molecule has 4 nitrogen and oxygen atoms in total. The van der Waals surface area contributed by atoms with Crippen molar-refractivity contribution in [2.45, 2.75) is 19.3 Å². The topological polar surface area (TPSA) is 81.1 Å². The minimum atomic E-state index is -0.0760. The van der Waals surface area contributed by atoms with E-state index in [0.29, 0.717) is 11.4 Å². The summed E-state index contributed by atoms with van der Waals surface area (Å²) in [4.78, 5) is 11.5. The fourth-order valence-electron chi connectivity index (χ4n) is 1.81. The van der Waals surface area contributed by atoms with E-state index < -0.39 is 0 Å². The summed E-state index contributed by atoms with van der Waals surface area (Å²) in [6.45, 7) is 1.98. The first-order valence-corrected chi connectivity index (χ1v) is 4.63. The molecule has 1 atom stereocenters. The number of carbonyl (C=O) groups is 1. The van der Waals surface area contributed by atoms with Gasteiger partial charge in [0.1, 0.15) is 0 Å². The molecule has 2 rings (SSSR count). The molecule has 0 saturated carbocycles. The highest BCUT2D eigenvalue weighted by Gasteiger charge is 2.29. The monoisotopic (exact) mass is 191 g/mol. The van der Waals surface area contributed by atoms with Crippen LogP contribution in [-0.4, -0.2) is 5.91 Å². The number of nitrogens with one attached hydrogen (secondary N) is 1. The van der Waals surface area contributed by atoms with Crippen LogP contribution in [0.15, 0.2) is 12.1 Å². The third kappa shape index (κ3) is 1.11. The quantitative estimate of drug-likeness (QED) is 0.585. The molecule has 1 aromatic carbocycles. The van der Waals surface area contributed by atoms with Gasteiger partial charge in [0.05, 0.1) is 17.3 Å². The standard InChI is InChI=1S/C10H13N3O/c1-2-5-6-3-7(11)8(12)4-9(6)13-10(5)14/h3-5H,2,11-12H2,1H3,(H,13,14). The van der Waals surface area contributed by atoms with Crippen molar-refractivity contribution < 1.29 is 4.79 Å². The van der Waals surface area contributed by atoms with Gasteiger partial charge in [-0.05, 0) is 24.1 Å².